The van der Waals surface area contributed by atoms with Gasteiger partial charge in [0.05, 0.1) is 4.47 Å². The highest BCUT2D eigenvalue weighted by Crippen LogP contribution is 2.24. The van der Waals surface area contributed by atoms with Gasteiger partial charge in [-0.25, -0.2) is 4.98 Å². The van der Waals surface area contributed by atoms with E-state index in [0.717, 1.165) is 16.8 Å². The maximum absolute atomic E-state index is 5.71. The molecule has 0 atom stereocenters. The SMILES string of the molecule is CN(CC(C)(C)CN)c1ncccc1Br. The van der Waals surface area contributed by atoms with E-state index in [1.54, 1.807) is 6.20 Å². The molecule has 0 fully saturated rings. The van der Waals surface area contributed by atoms with Crippen molar-refractivity contribution in [2.45, 2.75) is 13.8 Å². The summed E-state index contributed by atoms with van der Waals surface area (Å²) < 4.78 is 1.01. The zero-order chi connectivity index (χ0) is 11.5. The van der Waals surface area contributed by atoms with Gasteiger partial charge in [-0.3, -0.25) is 0 Å². The Balaban J connectivity index is 2.78. The molecule has 0 saturated carbocycles. The van der Waals surface area contributed by atoms with Crippen LogP contribution in [0.3, 0.4) is 0 Å². The molecule has 1 heterocycles. The molecule has 2 N–H and O–H groups in total. The molecule has 4 heteroatoms. The molecule has 3 nitrogen and oxygen atoms in total. The molecule has 0 bridgehead atoms. The molecule has 84 valence electrons. The zero-order valence-corrected chi connectivity index (χ0v) is 11.1. The first-order valence-electron chi connectivity index (χ1n) is 4.98. The van der Waals surface area contributed by atoms with Crippen molar-refractivity contribution in [2.24, 2.45) is 11.1 Å². The van der Waals surface area contributed by atoms with Gasteiger partial charge in [0.1, 0.15) is 5.82 Å². The number of halogens is 1. The molecule has 1 aromatic rings. The van der Waals surface area contributed by atoms with E-state index in [0.29, 0.717) is 6.54 Å². The van der Waals surface area contributed by atoms with E-state index in [2.05, 4.69) is 39.7 Å². The summed E-state index contributed by atoms with van der Waals surface area (Å²) in [6, 6.07) is 3.91. The van der Waals surface area contributed by atoms with Crippen LogP contribution < -0.4 is 10.6 Å². The van der Waals surface area contributed by atoms with E-state index in [1.165, 1.54) is 0 Å². The van der Waals surface area contributed by atoms with Gasteiger partial charge in [-0.05, 0) is 40.0 Å². The van der Waals surface area contributed by atoms with Crippen LogP contribution in [0.4, 0.5) is 5.82 Å². The smallest absolute Gasteiger partial charge is 0.142 e. The number of anilines is 1. The Kier molecular flexibility index (Phi) is 4.11. The summed E-state index contributed by atoms with van der Waals surface area (Å²) in [6.45, 7) is 5.86. The van der Waals surface area contributed by atoms with Crippen LogP contribution >= 0.6 is 15.9 Å². The summed E-state index contributed by atoms with van der Waals surface area (Å²) in [5.74, 6) is 0.957. The van der Waals surface area contributed by atoms with Crippen molar-refractivity contribution in [2.75, 3.05) is 25.0 Å². The molecule has 0 aliphatic carbocycles. The van der Waals surface area contributed by atoms with Gasteiger partial charge in [0, 0.05) is 19.8 Å². The first kappa shape index (κ1) is 12.5. The third kappa shape index (κ3) is 3.47. The topological polar surface area (TPSA) is 42.1 Å². The van der Waals surface area contributed by atoms with Crippen LogP contribution in [0.2, 0.25) is 0 Å². The predicted molar refractivity (Wildman–Crippen MR) is 68.0 cm³/mol. The Labute approximate surface area is 99.8 Å². The Morgan fingerprint density at radius 3 is 2.73 bits per heavy atom. The zero-order valence-electron chi connectivity index (χ0n) is 9.50. The second-order valence-corrected chi connectivity index (χ2v) is 5.39. The van der Waals surface area contributed by atoms with Crippen LogP contribution in [0.1, 0.15) is 13.8 Å². The van der Waals surface area contributed by atoms with Crippen LogP contribution in [0, 0.1) is 5.41 Å². The van der Waals surface area contributed by atoms with Gasteiger partial charge in [-0.1, -0.05) is 13.8 Å². The van der Waals surface area contributed by atoms with Crippen LogP contribution in [0.15, 0.2) is 22.8 Å². The quantitative estimate of drug-likeness (QED) is 0.914. The minimum atomic E-state index is 0.103. The van der Waals surface area contributed by atoms with Crippen LogP contribution in [-0.4, -0.2) is 25.1 Å². The second kappa shape index (κ2) is 4.94. The van der Waals surface area contributed by atoms with Gasteiger partial charge < -0.3 is 10.6 Å². The lowest BCUT2D eigenvalue weighted by Crippen LogP contribution is -2.37. The lowest BCUT2D eigenvalue weighted by atomic mass is 9.93. The van der Waals surface area contributed by atoms with Crippen LogP contribution in [0.5, 0.6) is 0 Å². The molecule has 0 aliphatic heterocycles. The molecule has 0 aliphatic rings. The maximum atomic E-state index is 5.71. The fourth-order valence-electron chi connectivity index (χ4n) is 1.44. The van der Waals surface area contributed by atoms with Gasteiger partial charge in [0.15, 0.2) is 0 Å². The molecule has 1 aromatic heterocycles. The molecule has 0 amide bonds. The van der Waals surface area contributed by atoms with E-state index in [1.807, 2.05) is 19.2 Å². The molecule has 0 spiro atoms. The average Bonchev–Trinajstić information content (AvgIpc) is 2.17. The second-order valence-electron chi connectivity index (χ2n) is 4.53. The highest BCUT2D eigenvalue weighted by Gasteiger charge is 2.19. The van der Waals surface area contributed by atoms with E-state index < -0.39 is 0 Å². The number of rotatable bonds is 4. The summed E-state index contributed by atoms with van der Waals surface area (Å²) >= 11 is 3.49. The summed E-state index contributed by atoms with van der Waals surface area (Å²) in [6.07, 6.45) is 1.80. The molecule has 0 unspecified atom stereocenters. The van der Waals surface area contributed by atoms with E-state index >= 15 is 0 Å². The van der Waals surface area contributed by atoms with Gasteiger partial charge in [0.2, 0.25) is 0 Å². The van der Waals surface area contributed by atoms with Crippen molar-refractivity contribution in [1.82, 2.24) is 4.98 Å². The lowest BCUT2D eigenvalue weighted by Gasteiger charge is -2.30. The number of nitrogens with two attached hydrogens (primary N) is 1. The largest absolute Gasteiger partial charge is 0.358 e. The molecule has 0 saturated heterocycles. The Morgan fingerprint density at radius 2 is 2.20 bits per heavy atom. The number of aromatic nitrogens is 1. The number of pyridine rings is 1. The number of hydrogen-bond acceptors (Lipinski definition) is 3. The molecule has 0 radical (unpaired) electrons. The minimum absolute atomic E-state index is 0.103. The first-order chi connectivity index (χ1) is 6.96. The van der Waals surface area contributed by atoms with Crippen LogP contribution in [-0.2, 0) is 0 Å². The van der Waals surface area contributed by atoms with Gasteiger partial charge in [-0.15, -0.1) is 0 Å². The Bertz CT molecular complexity index is 325. The van der Waals surface area contributed by atoms with Crippen molar-refractivity contribution in [3.05, 3.63) is 22.8 Å². The third-order valence-corrected chi connectivity index (χ3v) is 2.94. The number of nitrogens with zero attached hydrogens (tertiary/aromatic N) is 2. The van der Waals surface area contributed by atoms with Crippen molar-refractivity contribution in [3.8, 4) is 0 Å². The maximum Gasteiger partial charge on any atom is 0.142 e. The molecule has 1 rings (SSSR count). The fourth-order valence-corrected chi connectivity index (χ4v) is 2.00. The van der Waals surface area contributed by atoms with Gasteiger partial charge >= 0.3 is 0 Å². The molecule has 0 aromatic carbocycles. The summed E-state index contributed by atoms with van der Waals surface area (Å²) in [7, 11) is 2.03. The summed E-state index contributed by atoms with van der Waals surface area (Å²) in [4.78, 5) is 6.46. The summed E-state index contributed by atoms with van der Waals surface area (Å²) in [5.41, 5.74) is 5.81. The van der Waals surface area contributed by atoms with Gasteiger partial charge in [0.25, 0.3) is 0 Å². The van der Waals surface area contributed by atoms with E-state index in [4.69, 9.17) is 5.73 Å². The lowest BCUT2D eigenvalue weighted by molar-refractivity contribution is 0.384. The molecular formula is C11H18BrN3. The standard InChI is InChI=1S/C11H18BrN3/c1-11(2,7-13)8-15(3)10-9(12)5-4-6-14-10/h4-6H,7-8,13H2,1-3H3. The normalized spacial score (nSPS) is 11.5. The average molecular weight is 272 g/mol. The van der Waals surface area contributed by atoms with E-state index in [9.17, 15) is 0 Å². The molecule has 15 heavy (non-hydrogen) atoms. The predicted octanol–water partition coefficient (Wildman–Crippen LogP) is 2.27. The van der Waals surface area contributed by atoms with Crippen molar-refractivity contribution < 1.29 is 0 Å². The van der Waals surface area contributed by atoms with Crippen molar-refractivity contribution >= 4 is 21.7 Å². The Morgan fingerprint density at radius 1 is 1.53 bits per heavy atom. The van der Waals surface area contributed by atoms with Crippen LogP contribution in [0.25, 0.3) is 0 Å². The fraction of sp³-hybridized carbons (Fsp3) is 0.545. The monoisotopic (exact) mass is 271 g/mol. The molecular weight excluding hydrogens is 254 g/mol. The third-order valence-electron chi connectivity index (χ3n) is 2.32. The van der Waals surface area contributed by atoms with Crippen molar-refractivity contribution in [1.29, 1.82) is 0 Å². The minimum Gasteiger partial charge on any atom is -0.358 e. The Hall–Kier alpha value is -0.610. The van der Waals surface area contributed by atoms with Crippen molar-refractivity contribution in [3.63, 3.8) is 0 Å². The number of hydrogen-bond donors (Lipinski definition) is 1. The van der Waals surface area contributed by atoms with E-state index in [-0.39, 0.29) is 5.41 Å². The highest BCUT2D eigenvalue weighted by molar-refractivity contribution is 9.10. The first-order valence-corrected chi connectivity index (χ1v) is 5.77. The highest BCUT2D eigenvalue weighted by atomic mass is 79.9. The van der Waals surface area contributed by atoms with Gasteiger partial charge in [-0.2, -0.15) is 0 Å². The summed E-state index contributed by atoms with van der Waals surface area (Å²) in [5, 5.41) is 0.